The van der Waals surface area contributed by atoms with E-state index >= 15 is 0 Å². The molecule has 0 aromatic heterocycles. The second-order valence-electron chi connectivity index (χ2n) is 4.77. The predicted molar refractivity (Wildman–Crippen MR) is 87.9 cm³/mol. The Kier molecular flexibility index (Phi) is 6.17. The van der Waals surface area contributed by atoms with E-state index in [2.05, 4.69) is 5.32 Å². The highest BCUT2D eigenvalue weighted by molar-refractivity contribution is 8.00. The molecule has 0 saturated carbocycles. The van der Waals surface area contributed by atoms with Gasteiger partial charge in [-0.15, -0.1) is 11.8 Å². The summed E-state index contributed by atoms with van der Waals surface area (Å²) in [7, 11) is 0. The number of hydrogen-bond acceptors (Lipinski definition) is 4. The number of benzene rings is 2. The van der Waals surface area contributed by atoms with Crippen LogP contribution in [0.1, 0.15) is 5.56 Å². The molecule has 23 heavy (non-hydrogen) atoms. The van der Waals surface area contributed by atoms with Crippen molar-refractivity contribution in [1.82, 2.24) is 0 Å². The number of anilines is 1. The number of aryl methyl sites for hydroxylation is 1. The maximum atomic E-state index is 13.0. The van der Waals surface area contributed by atoms with Crippen molar-refractivity contribution < 1.29 is 18.7 Å². The highest BCUT2D eigenvalue weighted by atomic mass is 32.2. The van der Waals surface area contributed by atoms with Crippen LogP contribution in [-0.4, -0.2) is 24.2 Å². The second-order valence-corrected chi connectivity index (χ2v) is 5.79. The van der Waals surface area contributed by atoms with E-state index in [1.807, 2.05) is 31.2 Å². The van der Waals surface area contributed by atoms with Crippen LogP contribution < -0.4 is 5.32 Å². The SMILES string of the molecule is Cc1ccccc1SCC(=O)OCC(=O)Nc1cccc(F)c1. The third-order valence-corrected chi connectivity index (χ3v) is 4.06. The van der Waals surface area contributed by atoms with Gasteiger partial charge in [0.2, 0.25) is 0 Å². The molecule has 0 bridgehead atoms. The molecule has 4 nitrogen and oxygen atoms in total. The molecule has 0 aliphatic rings. The Morgan fingerprint density at radius 3 is 2.70 bits per heavy atom. The standard InChI is InChI=1S/C17H16FNO3S/c1-12-5-2-3-8-15(12)23-11-17(21)22-10-16(20)19-14-7-4-6-13(18)9-14/h2-9H,10-11H2,1H3,(H,19,20). The van der Waals surface area contributed by atoms with Crippen LogP contribution in [0.3, 0.4) is 0 Å². The zero-order valence-corrected chi connectivity index (χ0v) is 13.4. The van der Waals surface area contributed by atoms with Gasteiger partial charge in [0.1, 0.15) is 5.82 Å². The quantitative estimate of drug-likeness (QED) is 0.650. The highest BCUT2D eigenvalue weighted by Gasteiger charge is 2.09. The zero-order valence-electron chi connectivity index (χ0n) is 12.5. The van der Waals surface area contributed by atoms with E-state index in [0.29, 0.717) is 5.69 Å². The number of nitrogens with one attached hydrogen (secondary N) is 1. The van der Waals surface area contributed by atoms with Crippen LogP contribution in [0.5, 0.6) is 0 Å². The minimum Gasteiger partial charge on any atom is -0.455 e. The Bertz CT molecular complexity index is 706. The number of carbonyl (C=O) groups is 2. The lowest BCUT2D eigenvalue weighted by molar-refractivity contribution is -0.144. The molecule has 1 N–H and O–H groups in total. The number of halogens is 1. The van der Waals surface area contributed by atoms with Crippen molar-refractivity contribution >= 4 is 29.3 Å². The van der Waals surface area contributed by atoms with Gasteiger partial charge in [0.05, 0.1) is 5.75 Å². The van der Waals surface area contributed by atoms with Crippen LogP contribution >= 0.6 is 11.8 Å². The van der Waals surface area contributed by atoms with E-state index in [9.17, 15) is 14.0 Å². The molecule has 0 radical (unpaired) electrons. The van der Waals surface area contributed by atoms with Crippen molar-refractivity contribution in [2.45, 2.75) is 11.8 Å². The third kappa shape index (κ3) is 5.75. The Morgan fingerprint density at radius 1 is 1.17 bits per heavy atom. The lowest BCUT2D eigenvalue weighted by atomic mass is 10.2. The van der Waals surface area contributed by atoms with Crippen LogP contribution in [-0.2, 0) is 14.3 Å². The molecule has 0 fully saturated rings. The largest absolute Gasteiger partial charge is 0.455 e. The number of carbonyl (C=O) groups excluding carboxylic acids is 2. The summed E-state index contributed by atoms with van der Waals surface area (Å²) in [5.74, 6) is -1.31. The number of ether oxygens (including phenoxy) is 1. The van der Waals surface area contributed by atoms with Gasteiger partial charge < -0.3 is 10.1 Å². The Labute approximate surface area is 138 Å². The molecule has 0 spiro atoms. The fraction of sp³-hybridized carbons (Fsp3) is 0.176. The first kappa shape index (κ1) is 17.0. The number of hydrogen-bond donors (Lipinski definition) is 1. The van der Waals surface area contributed by atoms with Crippen molar-refractivity contribution in [3.63, 3.8) is 0 Å². The summed E-state index contributed by atoms with van der Waals surface area (Å²) < 4.78 is 17.9. The van der Waals surface area contributed by atoms with Gasteiger partial charge in [0, 0.05) is 10.6 Å². The second kappa shape index (κ2) is 8.33. The molecule has 0 aliphatic carbocycles. The molecule has 2 aromatic carbocycles. The molecule has 0 saturated heterocycles. The van der Waals surface area contributed by atoms with E-state index in [1.165, 1.54) is 30.0 Å². The van der Waals surface area contributed by atoms with Crippen molar-refractivity contribution in [3.05, 3.63) is 59.9 Å². The third-order valence-electron chi connectivity index (χ3n) is 2.91. The summed E-state index contributed by atoms with van der Waals surface area (Å²) >= 11 is 1.36. The van der Waals surface area contributed by atoms with Gasteiger partial charge in [0.25, 0.3) is 5.91 Å². The molecule has 2 rings (SSSR count). The lowest BCUT2D eigenvalue weighted by Crippen LogP contribution is -2.21. The maximum absolute atomic E-state index is 13.0. The summed E-state index contributed by atoms with van der Waals surface area (Å²) in [4.78, 5) is 24.3. The van der Waals surface area contributed by atoms with Crippen LogP contribution in [0.15, 0.2) is 53.4 Å². The minimum absolute atomic E-state index is 0.123. The minimum atomic E-state index is -0.509. The predicted octanol–water partition coefficient (Wildman–Crippen LogP) is 3.41. The number of thioether (sulfide) groups is 1. The lowest BCUT2D eigenvalue weighted by Gasteiger charge is -2.07. The molecule has 1 amide bonds. The van der Waals surface area contributed by atoms with Gasteiger partial charge in [-0.05, 0) is 36.8 Å². The van der Waals surface area contributed by atoms with Gasteiger partial charge in [-0.3, -0.25) is 9.59 Å². The van der Waals surface area contributed by atoms with Gasteiger partial charge in [-0.1, -0.05) is 24.3 Å². The number of rotatable bonds is 6. The molecular weight excluding hydrogens is 317 g/mol. The molecular formula is C17H16FNO3S. The summed E-state index contributed by atoms with van der Waals surface area (Å²) in [6, 6.07) is 13.2. The zero-order chi connectivity index (χ0) is 16.7. The summed E-state index contributed by atoms with van der Waals surface area (Å²) in [5.41, 5.74) is 1.40. The Hall–Kier alpha value is -2.34. The normalized spacial score (nSPS) is 10.2. The van der Waals surface area contributed by atoms with Crippen molar-refractivity contribution in [2.75, 3.05) is 17.7 Å². The molecule has 0 unspecified atom stereocenters. The first-order valence-electron chi connectivity index (χ1n) is 6.94. The molecule has 0 heterocycles. The van der Waals surface area contributed by atoms with E-state index in [1.54, 1.807) is 6.07 Å². The van der Waals surface area contributed by atoms with E-state index in [4.69, 9.17) is 4.74 Å². The van der Waals surface area contributed by atoms with Crippen LogP contribution in [0.25, 0.3) is 0 Å². The molecule has 0 aliphatic heterocycles. The van der Waals surface area contributed by atoms with Crippen molar-refractivity contribution in [2.24, 2.45) is 0 Å². The van der Waals surface area contributed by atoms with Gasteiger partial charge in [-0.25, -0.2) is 4.39 Å². The van der Waals surface area contributed by atoms with Crippen LogP contribution in [0, 0.1) is 12.7 Å². The van der Waals surface area contributed by atoms with Crippen LogP contribution in [0.2, 0.25) is 0 Å². The van der Waals surface area contributed by atoms with E-state index < -0.39 is 24.3 Å². The Morgan fingerprint density at radius 2 is 1.96 bits per heavy atom. The van der Waals surface area contributed by atoms with Crippen molar-refractivity contribution in [3.8, 4) is 0 Å². The highest BCUT2D eigenvalue weighted by Crippen LogP contribution is 2.21. The average molecular weight is 333 g/mol. The van der Waals surface area contributed by atoms with Gasteiger partial charge >= 0.3 is 5.97 Å². The average Bonchev–Trinajstić information content (AvgIpc) is 2.52. The molecule has 0 atom stereocenters. The summed E-state index contributed by atoms with van der Waals surface area (Å²) in [5, 5.41) is 2.46. The van der Waals surface area contributed by atoms with E-state index in [0.717, 1.165) is 10.5 Å². The fourth-order valence-electron chi connectivity index (χ4n) is 1.81. The summed E-state index contributed by atoms with van der Waals surface area (Å²) in [6.45, 7) is 1.56. The summed E-state index contributed by atoms with van der Waals surface area (Å²) in [6.07, 6.45) is 0. The first-order chi connectivity index (χ1) is 11.0. The fourth-order valence-corrected chi connectivity index (χ4v) is 2.63. The van der Waals surface area contributed by atoms with E-state index in [-0.39, 0.29) is 5.75 Å². The maximum Gasteiger partial charge on any atom is 0.316 e. The Balaban J connectivity index is 1.74. The number of esters is 1. The molecule has 6 heteroatoms. The monoisotopic (exact) mass is 333 g/mol. The van der Waals surface area contributed by atoms with Crippen LogP contribution in [0.4, 0.5) is 10.1 Å². The topological polar surface area (TPSA) is 55.4 Å². The van der Waals surface area contributed by atoms with Gasteiger partial charge in [0.15, 0.2) is 6.61 Å². The molecule has 120 valence electrons. The molecule has 2 aromatic rings. The van der Waals surface area contributed by atoms with Crippen molar-refractivity contribution in [1.29, 1.82) is 0 Å². The smallest absolute Gasteiger partial charge is 0.316 e. The van der Waals surface area contributed by atoms with Gasteiger partial charge in [-0.2, -0.15) is 0 Å². The number of amides is 1. The first-order valence-corrected chi connectivity index (χ1v) is 7.92.